The van der Waals surface area contributed by atoms with Crippen molar-refractivity contribution in [3.05, 3.63) is 22.7 Å². The standard InChI is InChI=1S/C17H28N4O3/c1-19-8-7-18-16(17(19)23)20(2)11-13-12-21(9-10-24-13)14-5-3-4-6-15(14)22/h7-8,13-15,22H,3-6,9-12H2,1-2H3/t13-,14-,15+/m1/s1. The van der Waals surface area contributed by atoms with E-state index in [1.165, 1.54) is 11.0 Å². The van der Waals surface area contributed by atoms with E-state index in [-0.39, 0.29) is 23.8 Å². The minimum Gasteiger partial charge on any atom is -0.391 e. The van der Waals surface area contributed by atoms with Gasteiger partial charge in [0.2, 0.25) is 0 Å². The number of hydrogen-bond donors (Lipinski definition) is 1. The number of aliphatic hydroxyl groups excluding tert-OH is 1. The first-order valence-electron chi connectivity index (χ1n) is 8.82. The first-order valence-corrected chi connectivity index (χ1v) is 8.82. The molecule has 0 bridgehead atoms. The van der Waals surface area contributed by atoms with Crippen molar-refractivity contribution in [2.45, 2.75) is 43.9 Å². The molecular formula is C17H28N4O3. The summed E-state index contributed by atoms with van der Waals surface area (Å²) in [7, 11) is 3.60. The zero-order chi connectivity index (χ0) is 17.1. The molecule has 0 aromatic carbocycles. The molecule has 1 aliphatic carbocycles. The second-order valence-electron chi connectivity index (χ2n) is 6.95. The smallest absolute Gasteiger partial charge is 0.293 e. The van der Waals surface area contributed by atoms with Gasteiger partial charge in [-0.25, -0.2) is 4.98 Å². The minimum atomic E-state index is -0.224. The molecule has 1 aliphatic heterocycles. The average molecular weight is 336 g/mol. The molecule has 1 aromatic heterocycles. The number of anilines is 1. The Bertz CT molecular complexity index is 606. The quantitative estimate of drug-likeness (QED) is 0.848. The van der Waals surface area contributed by atoms with Crippen LogP contribution in [0.3, 0.4) is 0 Å². The Hall–Kier alpha value is -1.44. The molecule has 2 aliphatic rings. The topological polar surface area (TPSA) is 70.8 Å². The molecule has 0 spiro atoms. The van der Waals surface area contributed by atoms with Crippen LogP contribution in [0.5, 0.6) is 0 Å². The van der Waals surface area contributed by atoms with Gasteiger partial charge in [-0.3, -0.25) is 9.69 Å². The van der Waals surface area contributed by atoms with Gasteiger partial charge in [0.1, 0.15) is 0 Å². The average Bonchev–Trinajstić information content (AvgIpc) is 2.58. The highest BCUT2D eigenvalue weighted by Gasteiger charge is 2.33. The molecule has 2 heterocycles. The van der Waals surface area contributed by atoms with Gasteiger partial charge in [0.05, 0.1) is 18.8 Å². The van der Waals surface area contributed by atoms with Gasteiger partial charge >= 0.3 is 0 Å². The third kappa shape index (κ3) is 3.79. The zero-order valence-electron chi connectivity index (χ0n) is 14.6. The predicted molar refractivity (Wildman–Crippen MR) is 92.3 cm³/mol. The molecule has 0 radical (unpaired) electrons. The summed E-state index contributed by atoms with van der Waals surface area (Å²) in [5.41, 5.74) is -0.102. The van der Waals surface area contributed by atoms with Crippen LogP contribution in [0.25, 0.3) is 0 Å². The van der Waals surface area contributed by atoms with E-state index < -0.39 is 0 Å². The van der Waals surface area contributed by atoms with Crippen LogP contribution < -0.4 is 10.5 Å². The molecule has 1 N–H and O–H groups in total. The molecule has 1 saturated carbocycles. The summed E-state index contributed by atoms with van der Waals surface area (Å²) in [5.74, 6) is 0.443. The predicted octanol–water partition coefficient (Wildman–Crippen LogP) is 0.221. The number of morpholine rings is 1. The molecule has 7 heteroatoms. The highest BCUT2D eigenvalue weighted by atomic mass is 16.5. The number of aromatic nitrogens is 2. The number of nitrogens with zero attached hydrogens (tertiary/aromatic N) is 4. The van der Waals surface area contributed by atoms with E-state index in [1.807, 2.05) is 11.9 Å². The molecule has 3 atom stereocenters. The van der Waals surface area contributed by atoms with Crippen LogP contribution >= 0.6 is 0 Å². The lowest BCUT2D eigenvalue weighted by Gasteiger charge is -2.42. The molecule has 2 fully saturated rings. The van der Waals surface area contributed by atoms with Crippen LogP contribution in [0, 0.1) is 0 Å². The summed E-state index contributed by atoms with van der Waals surface area (Å²) in [6.07, 6.45) is 7.36. The Labute approximate surface area is 142 Å². The van der Waals surface area contributed by atoms with E-state index in [0.717, 1.165) is 32.4 Å². The zero-order valence-corrected chi connectivity index (χ0v) is 14.6. The maximum absolute atomic E-state index is 12.2. The van der Waals surface area contributed by atoms with Crippen molar-refractivity contribution in [2.75, 3.05) is 38.2 Å². The number of rotatable bonds is 4. The molecule has 7 nitrogen and oxygen atoms in total. The van der Waals surface area contributed by atoms with Gasteiger partial charge in [0, 0.05) is 52.2 Å². The van der Waals surface area contributed by atoms with Gasteiger partial charge in [-0.15, -0.1) is 0 Å². The van der Waals surface area contributed by atoms with Gasteiger partial charge in [0.25, 0.3) is 5.56 Å². The van der Waals surface area contributed by atoms with E-state index in [9.17, 15) is 9.90 Å². The third-order valence-electron chi connectivity index (χ3n) is 5.17. The fourth-order valence-corrected chi connectivity index (χ4v) is 3.81. The lowest BCUT2D eigenvalue weighted by molar-refractivity contribution is -0.0700. The Balaban J connectivity index is 1.62. The number of aryl methyl sites for hydroxylation is 1. The summed E-state index contributed by atoms with van der Waals surface area (Å²) < 4.78 is 7.43. The van der Waals surface area contributed by atoms with Gasteiger partial charge in [-0.1, -0.05) is 12.8 Å². The van der Waals surface area contributed by atoms with Crippen LogP contribution in [0.1, 0.15) is 25.7 Å². The van der Waals surface area contributed by atoms with E-state index in [4.69, 9.17) is 4.74 Å². The van der Waals surface area contributed by atoms with Crippen molar-refractivity contribution in [1.82, 2.24) is 14.5 Å². The van der Waals surface area contributed by atoms with Crippen molar-refractivity contribution in [1.29, 1.82) is 0 Å². The number of ether oxygens (including phenoxy) is 1. The number of hydrogen-bond acceptors (Lipinski definition) is 6. The van der Waals surface area contributed by atoms with Crippen LogP contribution in [-0.4, -0.2) is 71.1 Å². The Morgan fingerprint density at radius 2 is 2.21 bits per heavy atom. The fraction of sp³-hybridized carbons (Fsp3) is 0.765. The molecule has 3 rings (SSSR count). The molecule has 1 saturated heterocycles. The normalized spacial score (nSPS) is 28.7. The largest absolute Gasteiger partial charge is 0.391 e. The van der Waals surface area contributed by atoms with E-state index in [0.29, 0.717) is 19.0 Å². The lowest BCUT2D eigenvalue weighted by Crippen LogP contribution is -2.55. The van der Waals surface area contributed by atoms with E-state index in [2.05, 4.69) is 9.88 Å². The monoisotopic (exact) mass is 336 g/mol. The summed E-state index contributed by atoms with van der Waals surface area (Å²) >= 11 is 0. The Morgan fingerprint density at radius 1 is 1.42 bits per heavy atom. The van der Waals surface area contributed by atoms with Crippen LogP contribution in [0.4, 0.5) is 5.82 Å². The van der Waals surface area contributed by atoms with Crippen molar-refractivity contribution in [3.63, 3.8) is 0 Å². The van der Waals surface area contributed by atoms with Gasteiger partial charge in [-0.2, -0.15) is 0 Å². The van der Waals surface area contributed by atoms with Crippen molar-refractivity contribution < 1.29 is 9.84 Å². The number of likely N-dealkylation sites (N-methyl/N-ethyl adjacent to an activating group) is 1. The Kier molecular flexibility index (Phi) is 5.53. The van der Waals surface area contributed by atoms with Crippen molar-refractivity contribution in [2.24, 2.45) is 7.05 Å². The van der Waals surface area contributed by atoms with E-state index >= 15 is 0 Å². The van der Waals surface area contributed by atoms with Crippen LogP contribution in [0.15, 0.2) is 17.2 Å². The maximum atomic E-state index is 12.2. The Morgan fingerprint density at radius 3 is 3.00 bits per heavy atom. The SMILES string of the molecule is CN(C[C@@H]1CN([C@@H]2CCCC[C@@H]2O)CCO1)c1nccn(C)c1=O. The summed E-state index contributed by atoms with van der Waals surface area (Å²) in [6, 6.07) is 0.248. The molecule has 1 aromatic rings. The molecule has 24 heavy (non-hydrogen) atoms. The third-order valence-corrected chi connectivity index (χ3v) is 5.17. The summed E-state index contributed by atoms with van der Waals surface area (Å²) in [4.78, 5) is 20.6. The fourth-order valence-electron chi connectivity index (χ4n) is 3.81. The molecule has 134 valence electrons. The number of aliphatic hydroxyl groups is 1. The van der Waals surface area contributed by atoms with Gasteiger partial charge in [-0.05, 0) is 12.8 Å². The van der Waals surface area contributed by atoms with Crippen LogP contribution in [-0.2, 0) is 11.8 Å². The molecule has 0 unspecified atom stereocenters. The van der Waals surface area contributed by atoms with Crippen molar-refractivity contribution >= 4 is 5.82 Å². The molecule has 0 amide bonds. The van der Waals surface area contributed by atoms with Gasteiger partial charge in [0.15, 0.2) is 5.82 Å². The van der Waals surface area contributed by atoms with Crippen molar-refractivity contribution in [3.8, 4) is 0 Å². The molecular weight excluding hydrogens is 308 g/mol. The summed E-state index contributed by atoms with van der Waals surface area (Å²) in [6.45, 7) is 2.94. The van der Waals surface area contributed by atoms with E-state index in [1.54, 1.807) is 19.4 Å². The lowest BCUT2D eigenvalue weighted by atomic mass is 9.91. The second kappa shape index (κ2) is 7.63. The first-order chi connectivity index (χ1) is 11.6. The second-order valence-corrected chi connectivity index (χ2v) is 6.95. The van der Waals surface area contributed by atoms with Crippen LogP contribution in [0.2, 0.25) is 0 Å². The maximum Gasteiger partial charge on any atom is 0.293 e. The first kappa shape index (κ1) is 17.4. The highest BCUT2D eigenvalue weighted by molar-refractivity contribution is 5.34. The summed E-state index contributed by atoms with van der Waals surface area (Å²) in [5, 5.41) is 10.3. The highest BCUT2D eigenvalue weighted by Crippen LogP contribution is 2.25. The minimum absolute atomic E-state index is 0.0181. The van der Waals surface area contributed by atoms with Gasteiger partial charge < -0.3 is 19.3 Å².